The average molecular weight is 323 g/mol. The molecule has 23 heavy (non-hydrogen) atoms. The second-order valence-corrected chi connectivity index (χ2v) is 6.08. The molecule has 0 bridgehead atoms. The number of hydrogen-bond acceptors (Lipinski definition) is 1. The van der Waals surface area contributed by atoms with Gasteiger partial charge >= 0.3 is 0 Å². The van der Waals surface area contributed by atoms with Crippen molar-refractivity contribution in [2.45, 2.75) is 31.7 Å². The molecule has 2 aromatic rings. The Labute approximate surface area is 132 Å². The van der Waals surface area contributed by atoms with Crippen LogP contribution in [-0.4, -0.2) is 12.6 Å². The van der Waals surface area contributed by atoms with Crippen LogP contribution >= 0.6 is 0 Å². The van der Waals surface area contributed by atoms with E-state index in [1.807, 2.05) is 0 Å². The molecule has 5 heteroatoms. The fraction of sp³-hybridized carbons (Fsp3) is 0.333. The van der Waals surface area contributed by atoms with E-state index < -0.39 is 23.3 Å². The highest BCUT2D eigenvalue weighted by Crippen LogP contribution is 2.31. The third kappa shape index (κ3) is 3.24. The zero-order chi connectivity index (χ0) is 16.6. The van der Waals surface area contributed by atoms with Crippen LogP contribution in [0, 0.1) is 23.3 Å². The first-order valence-electron chi connectivity index (χ1n) is 7.63. The molecule has 3 rings (SSSR count). The van der Waals surface area contributed by atoms with Crippen molar-refractivity contribution in [1.82, 2.24) is 5.32 Å². The fourth-order valence-corrected chi connectivity index (χ4v) is 3.01. The summed E-state index contributed by atoms with van der Waals surface area (Å²) in [5.74, 6) is -4.54. The lowest BCUT2D eigenvalue weighted by Crippen LogP contribution is -2.35. The van der Waals surface area contributed by atoms with E-state index in [4.69, 9.17) is 0 Å². The van der Waals surface area contributed by atoms with Gasteiger partial charge in [-0.2, -0.15) is 0 Å². The van der Waals surface area contributed by atoms with E-state index >= 15 is 0 Å². The Morgan fingerprint density at radius 3 is 2.17 bits per heavy atom. The van der Waals surface area contributed by atoms with E-state index in [9.17, 15) is 17.6 Å². The van der Waals surface area contributed by atoms with Crippen molar-refractivity contribution in [2.75, 3.05) is 6.54 Å². The first-order valence-corrected chi connectivity index (χ1v) is 7.63. The van der Waals surface area contributed by atoms with Crippen LogP contribution in [0.4, 0.5) is 17.6 Å². The minimum absolute atomic E-state index is 0.0131. The molecule has 0 radical (unpaired) electrons. The van der Waals surface area contributed by atoms with Crippen molar-refractivity contribution in [3.63, 3.8) is 0 Å². The summed E-state index contributed by atoms with van der Waals surface area (Å²) in [5.41, 5.74) is 0.901. The molecule has 122 valence electrons. The summed E-state index contributed by atoms with van der Waals surface area (Å²) in [6.07, 6.45) is 1.98. The Morgan fingerprint density at radius 2 is 1.61 bits per heavy atom. The van der Waals surface area contributed by atoms with Gasteiger partial charge in [0.25, 0.3) is 0 Å². The SMILES string of the molecule is CC1CCC(c2ccc(-c3cc(F)c(F)c(F)c3)c(F)c2)CN1. The predicted molar refractivity (Wildman–Crippen MR) is 81.1 cm³/mol. The summed E-state index contributed by atoms with van der Waals surface area (Å²) in [6, 6.07) is 6.73. The summed E-state index contributed by atoms with van der Waals surface area (Å²) in [5, 5.41) is 3.35. The van der Waals surface area contributed by atoms with Crippen molar-refractivity contribution >= 4 is 0 Å². The molecule has 1 nitrogen and oxygen atoms in total. The lowest BCUT2D eigenvalue weighted by Gasteiger charge is -2.28. The summed E-state index contributed by atoms with van der Waals surface area (Å²) >= 11 is 0. The molecule has 0 spiro atoms. The molecular weight excluding hydrogens is 306 g/mol. The molecular formula is C18H17F4N. The van der Waals surface area contributed by atoms with Crippen molar-refractivity contribution in [3.05, 3.63) is 59.2 Å². The van der Waals surface area contributed by atoms with Crippen molar-refractivity contribution < 1.29 is 17.6 Å². The maximum Gasteiger partial charge on any atom is 0.194 e. The quantitative estimate of drug-likeness (QED) is 0.620. The van der Waals surface area contributed by atoms with Gasteiger partial charge in [-0.25, -0.2) is 17.6 Å². The second kappa shape index (κ2) is 6.32. The van der Waals surface area contributed by atoms with Gasteiger partial charge in [-0.3, -0.25) is 0 Å². The van der Waals surface area contributed by atoms with Gasteiger partial charge in [-0.05, 0) is 55.0 Å². The number of hydrogen-bond donors (Lipinski definition) is 1. The van der Waals surface area contributed by atoms with E-state index in [2.05, 4.69) is 12.2 Å². The van der Waals surface area contributed by atoms with Crippen LogP contribution in [0.5, 0.6) is 0 Å². The molecule has 2 aromatic carbocycles. The summed E-state index contributed by atoms with van der Waals surface area (Å²) in [6.45, 7) is 2.89. The number of benzene rings is 2. The highest BCUT2D eigenvalue weighted by atomic mass is 19.2. The molecule has 1 heterocycles. The van der Waals surface area contributed by atoms with Crippen LogP contribution in [0.3, 0.4) is 0 Å². The molecule has 0 saturated carbocycles. The molecule has 1 saturated heterocycles. The van der Waals surface area contributed by atoms with Gasteiger partial charge in [0.05, 0.1) is 0 Å². The third-order valence-electron chi connectivity index (χ3n) is 4.42. The van der Waals surface area contributed by atoms with Gasteiger partial charge < -0.3 is 5.32 Å². The van der Waals surface area contributed by atoms with Gasteiger partial charge in [-0.1, -0.05) is 12.1 Å². The normalized spacial score (nSPS) is 21.4. The van der Waals surface area contributed by atoms with Crippen LogP contribution in [0.1, 0.15) is 31.2 Å². The largest absolute Gasteiger partial charge is 0.314 e. The number of rotatable bonds is 2. The van der Waals surface area contributed by atoms with Crippen molar-refractivity contribution in [1.29, 1.82) is 0 Å². The lowest BCUT2D eigenvalue weighted by atomic mass is 9.88. The first kappa shape index (κ1) is 16.0. The number of halogens is 4. The Balaban J connectivity index is 1.91. The standard InChI is InChI=1S/C18H17F4N/c1-10-2-3-12(9-23-10)11-4-5-14(15(19)6-11)13-7-16(20)18(22)17(21)8-13/h4-8,10,12,23H,2-3,9H2,1H3. The van der Waals surface area contributed by atoms with Crippen LogP contribution in [0.15, 0.2) is 30.3 Å². The molecule has 1 aliphatic heterocycles. The van der Waals surface area contributed by atoms with Gasteiger partial charge in [0.15, 0.2) is 17.5 Å². The lowest BCUT2D eigenvalue weighted by molar-refractivity contribution is 0.384. The smallest absolute Gasteiger partial charge is 0.194 e. The first-order chi connectivity index (χ1) is 11.0. The molecule has 2 unspecified atom stereocenters. The monoisotopic (exact) mass is 323 g/mol. The number of nitrogens with one attached hydrogen (secondary N) is 1. The zero-order valence-corrected chi connectivity index (χ0v) is 12.7. The summed E-state index contributed by atoms with van der Waals surface area (Å²) in [4.78, 5) is 0. The average Bonchev–Trinajstić information content (AvgIpc) is 2.53. The fourth-order valence-electron chi connectivity index (χ4n) is 3.01. The molecule has 1 aliphatic rings. The molecule has 0 amide bonds. The highest BCUT2D eigenvalue weighted by molar-refractivity contribution is 5.65. The van der Waals surface area contributed by atoms with E-state index in [1.54, 1.807) is 6.07 Å². The van der Waals surface area contributed by atoms with E-state index in [1.165, 1.54) is 12.1 Å². The minimum Gasteiger partial charge on any atom is -0.314 e. The second-order valence-electron chi connectivity index (χ2n) is 6.08. The Hall–Kier alpha value is -1.88. The van der Waals surface area contributed by atoms with E-state index in [0.717, 1.165) is 37.1 Å². The molecule has 0 aliphatic carbocycles. The van der Waals surface area contributed by atoms with Crippen LogP contribution in [0.2, 0.25) is 0 Å². The minimum atomic E-state index is -1.55. The molecule has 1 N–H and O–H groups in total. The topological polar surface area (TPSA) is 12.0 Å². The van der Waals surface area contributed by atoms with E-state index in [-0.39, 0.29) is 17.0 Å². The van der Waals surface area contributed by atoms with Crippen LogP contribution in [-0.2, 0) is 0 Å². The highest BCUT2D eigenvalue weighted by Gasteiger charge is 2.21. The van der Waals surface area contributed by atoms with E-state index in [0.29, 0.717) is 6.04 Å². The summed E-state index contributed by atoms with van der Waals surface area (Å²) in [7, 11) is 0. The molecule has 0 aromatic heterocycles. The summed E-state index contributed by atoms with van der Waals surface area (Å²) < 4.78 is 54.0. The Kier molecular flexibility index (Phi) is 4.39. The molecule has 1 fully saturated rings. The van der Waals surface area contributed by atoms with Crippen molar-refractivity contribution in [2.24, 2.45) is 0 Å². The van der Waals surface area contributed by atoms with Crippen molar-refractivity contribution in [3.8, 4) is 11.1 Å². The third-order valence-corrected chi connectivity index (χ3v) is 4.42. The predicted octanol–water partition coefficient (Wildman–Crippen LogP) is 4.77. The van der Waals surface area contributed by atoms with Gasteiger partial charge in [0.2, 0.25) is 0 Å². The van der Waals surface area contributed by atoms with Gasteiger partial charge in [0.1, 0.15) is 5.82 Å². The van der Waals surface area contributed by atoms with Gasteiger partial charge in [-0.15, -0.1) is 0 Å². The number of piperidine rings is 1. The Morgan fingerprint density at radius 1 is 0.913 bits per heavy atom. The maximum atomic E-state index is 14.4. The molecule has 2 atom stereocenters. The Bertz CT molecular complexity index is 698. The maximum absolute atomic E-state index is 14.4. The van der Waals surface area contributed by atoms with Gasteiger partial charge in [0, 0.05) is 18.2 Å². The van der Waals surface area contributed by atoms with Crippen LogP contribution in [0.25, 0.3) is 11.1 Å². The zero-order valence-electron chi connectivity index (χ0n) is 12.7. The van der Waals surface area contributed by atoms with Crippen LogP contribution < -0.4 is 5.32 Å².